The highest BCUT2D eigenvalue weighted by atomic mass is 35.5. The van der Waals surface area contributed by atoms with Crippen LogP contribution in [0.3, 0.4) is 0 Å². The third-order valence-electron chi connectivity index (χ3n) is 3.26. The Bertz CT molecular complexity index is 946. The summed E-state index contributed by atoms with van der Waals surface area (Å²) < 4.78 is 45.2. The van der Waals surface area contributed by atoms with E-state index in [1.165, 1.54) is 6.92 Å². The van der Waals surface area contributed by atoms with Gasteiger partial charge < -0.3 is 9.84 Å². The van der Waals surface area contributed by atoms with Gasteiger partial charge in [-0.3, -0.25) is 4.99 Å². The molecule has 2 aromatic rings. The minimum absolute atomic E-state index is 0.0307. The van der Waals surface area contributed by atoms with Gasteiger partial charge in [0, 0.05) is 17.8 Å². The summed E-state index contributed by atoms with van der Waals surface area (Å²) in [7, 11) is 0. The summed E-state index contributed by atoms with van der Waals surface area (Å²) in [6.07, 6.45) is 0.812. The molecule has 0 saturated heterocycles. The van der Waals surface area contributed by atoms with Crippen LogP contribution in [0.15, 0.2) is 40.9 Å². The maximum Gasteiger partial charge on any atom is 0.343 e. The van der Waals surface area contributed by atoms with E-state index in [0.717, 1.165) is 30.5 Å². The Morgan fingerprint density at radius 1 is 1.15 bits per heavy atom. The molecular formula is C18H12Cl2F3NO3. The third-order valence-corrected chi connectivity index (χ3v) is 3.86. The Hall–Kier alpha value is -2.51. The summed E-state index contributed by atoms with van der Waals surface area (Å²) >= 11 is 11.5. The molecule has 142 valence electrons. The fraction of sp³-hybridized carbons (Fsp3) is 0.111. The van der Waals surface area contributed by atoms with Crippen LogP contribution in [0.4, 0.5) is 18.9 Å². The number of halogens is 5. The second-order valence-corrected chi connectivity index (χ2v) is 5.90. The van der Waals surface area contributed by atoms with Crippen LogP contribution in [-0.2, 0) is 9.53 Å². The highest BCUT2D eigenvalue weighted by Gasteiger charge is 2.20. The monoisotopic (exact) mass is 417 g/mol. The van der Waals surface area contributed by atoms with E-state index in [1.807, 2.05) is 0 Å². The number of carbonyl (C=O) groups is 1. The van der Waals surface area contributed by atoms with E-state index < -0.39 is 34.8 Å². The van der Waals surface area contributed by atoms with Gasteiger partial charge in [-0.05, 0) is 31.2 Å². The Kier molecular flexibility index (Phi) is 6.87. The van der Waals surface area contributed by atoms with Crippen LogP contribution in [0, 0.1) is 17.5 Å². The van der Waals surface area contributed by atoms with E-state index in [0.29, 0.717) is 6.07 Å². The maximum absolute atomic E-state index is 13.7. The number of ether oxygens (including phenoxy) is 1. The van der Waals surface area contributed by atoms with Gasteiger partial charge in [0.05, 0.1) is 22.3 Å². The lowest BCUT2D eigenvalue weighted by molar-refractivity contribution is -0.137. The molecule has 27 heavy (non-hydrogen) atoms. The molecule has 4 nitrogen and oxygen atoms in total. The number of esters is 1. The molecule has 0 amide bonds. The number of aliphatic hydroxyl groups is 1. The first-order chi connectivity index (χ1) is 12.7. The van der Waals surface area contributed by atoms with E-state index in [1.54, 1.807) is 0 Å². The molecular weight excluding hydrogens is 406 g/mol. The maximum atomic E-state index is 13.7. The van der Waals surface area contributed by atoms with Gasteiger partial charge >= 0.3 is 5.97 Å². The summed E-state index contributed by atoms with van der Waals surface area (Å²) in [6.45, 7) is 1.50. The topological polar surface area (TPSA) is 58.9 Å². The van der Waals surface area contributed by atoms with Crippen molar-refractivity contribution in [2.24, 2.45) is 4.99 Å². The fourth-order valence-corrected chi connectivity index (χ4v) is 2.46. The van der Waals surface area contributed by atoms with Crippen LogP contribution in [0.2, 0.25) is 10.0 Å². The van der Waals surface area contributed by atoms with Crippen molar-refractivity contribution in [1.29, 1.82) is 0 Å². The highest BCUT2D eigenvalue weighted by molar-refractivity contribution is 6.36. The van der Waals surface area contributed by atoms with Crippen molar-refractivity contribution < 1.29 is 27.8 Å². The smallest absolute Gasteiger partial charge is 0.343 e. The van der Waals surface area contributed by atoms with Crippen LogP contribution in [-0.4, -0.2) is 23.9 Å². The third kappa shape index (κ3) is 5.02. The summed E-state index contributed by atoms with van der Waals surface area (Å²) in [5, 5.41) is 9.99. The zero-order chi connectivity index (χ0) is 20.1. The zero-order valence-corrected chi connectivity index (χ0v) is 15.3. The molecule has 0 aliphatic rings. The molecule has 9 heteroatoms. The van der Waals surface area contributed by atoms with Gasteiger partial charge in [0.15, 0.2) is 5.82 Å². The van der Waals surface area contributed by atoms with Crippen molar-refractivity contribution in [2.75, 3.05) is 6.61 Å². The van der Waals surface area contributed by atoms with E-state index in [9.17, 15) is 23.1 Å². The Morgan fingerprint density at radius 3 is 2.48 bits per heavy atom. The van der Waals surface area contributed by atoms with E-state index in [4.69, 9.17) is 27.9 Å². The molecule has 0 heterocycles. The number of hydrogen-bond donors (Lipinski definition) is 1. The first-order valence-electron chi connectivity index (χ1n) is 7.49. The van der Waals surface area contributed by atoms with Crippen LogP contribution in [0.5, 0.6) is 0 Å². The van der Waals surface area contributed by atoms with Crippen molar-refractivity contribution in [3.8, 4) is 0 Å². The number of aliphatic imine (C=N–C) groups is 1. The van der Waals surface area contributed by atoms with E-state index in [2.05, 4.69) is 4.99 Å². The molecule has 2 rings (SSSR count). The van der Waals surface area contributed by atoms with E-state index in [-0.39, 0.29) is 27.9 Å². The number of carbonyl (C=O) groups excluding carboxylic acids is 1. The van der Waals surface area contributed by atoms with Crippen molar-refractivity contribution in [2.45, 2.75) is 6.92 Å². The predicted octanol–water partition coefficient (Wildman–Crippen LogP) is 5.65. The summed E-state index contributed by atoms with van der Waals surface area (Å²) in [5.41, 5.74) is -1.05. The molecule has 0 fully saturated rings. The molecule has 0 bridgehead atoms. The average Bonchev–Trinajstić information content (AvgIpc) is 2.60. The summed E-state index contributed by atoms with van der Waals surface area (Å²) in [4.78, 5) is 15.9. The normalized spacial score (nSPS) is 12.2. The molecule has 0 aliphatic carbocycles. The molecule has 0 radical (unpaired) electrons. The molecule has 0 spiro atoms. The second kappa shape index (κ2) is 8.92. The molecule has 2 aromatic carbocycles. The summed E-state index contributed by atoms with van der Waals surface area (Å²) in [6, 6.07) is 4.48. The van der Waals surface area contributed by atoms with Gasteiger partial charge in [-0.15, -0.1) is 0 Å². The van der Waals surface area contributed by atoms with Crippen molar-refractivity contribution in [3.05, 3.63) is 69.0 Å². The van der Waals surface area contributed by atoms with Gasteiger partial charge in [0.1, 0.15) is 23.0 Å². The van der Waals surface area contributed by atoms with Gasteiger partial charge in [-0.25, -0.2) is 18.0 Å². The largest absolute Gasteiger partial charge is 0.506 e. The Labute approximate surface area is 162 Å². The predicted molar refractivity (Wildman–Crippen MR) is 97.1 cm³/mol. The summed E-state index contributed by atoms with van der Waals surface area (Å²) in [5.74, 6) is -4.43. The minimum atomic E-state index is -1.01. The van der Waals surface area contributed by atoms with Crippen LogP contribution in [0.1, 0.15) is 12.5 Å². The first-order valence-corrected chi connectivity index (χ1v) is 8.24. The number of nitrogens with zero attached hydrogens (tertiary/aromatic N) is 1. The van der Waals surface area contributed by atoms with Crippen molar-refractivity contribution in [3.63, 3.8) is 0 Å². The average molecular weight is 418 g/mol. The van der Waals surface area contributed by atoms with Gasteiger partial charge in [-0.2, -0.15) is 0 Å². The Balaban J connectivity index is 2.57. The number of rotatable bonds is 5. The van der Waals surface area contributed by atoms with Crippen LogP contribution >= 0.6 is 23.2 Å². The van der Waals surface area contributed by atoms with Crippen LogP contribution in [0.25, 0.3) is 5.76 Å². The molecule has 0 aliphatic heterocycles. The standard InChI is InChI=1S/C18H12Cl2F3NO3/c1-2-27-18(26)11(8-24-16-4-3-9(21)5-15(16)23)17(25)10-6-14(22)13(20)7-12(10)19/h3-8,25H,2H2,1H3/b17-11-,24-8?. The Morgan fingerprint density at radius 2 is 1.85 bits per heavy atom. The quantitative estimate of drug-likeness (QED) is 0.225. The van der Waals surface area contributed by atoms with Gasteiger partial charge in [0.2, 0.25) is 0 Å². The lowest BCUT2D eigenvalue weighted by atomic mass is 10.1. The molecule has 0 saturated carbocycles. The molecule has 1 N–H and O–H groups in total. The molecule has 0 atom stereocenters. The second-order valence-electron chi connectivity index (χ2n) is 5.08. The lowest BCUT2D eigenvalue weighted by Crippen LogP contribution is -2.11. The molecule has 0 aromatic heterocycles. The SMILES string of the molecule is CCOC(=O)/C(C=Nc1ccc(F)cc1F)=C(\O)c1cc(F)c(Cl)cc1Cl. The van der Waals surface area contributed by atoms with Gasteiger partial charge in [0.25, 0.3) is 0 Å². The number of hydrogen-bond acceptors (Lipinski definition) is 4. The van der Waals surface area contributed by atoms with Crippen LogP contribution < -0.4 is 0 Å². The fourth-order valence-electron chi connectivity index (χ4n) is 1.99. The highest BCUT2D eigenvalue weighted by Crippen LogP contribution is 2.30. The minimum Gasteiger partial charge on any atom is -0.506 e. The number of benzene rings is 2. The van der Waals surface area contributed by atoms with E-state index >= 15 is 0 Å². The first kappa shape index (κ1) is 20.8. The van der Waals surface area contributed by atoms with Gasteiger partial charge in [-0.1, -0.05) is 23.2 Å². The zero-order valence-electron chi connectivity index (χ0n) is 13.8. The van der Waals surface area contributed by atoms with Crippen molar-refractivity contribution in [1.82, 2.24) is 0 Å². The molecule has 0 unspecified atom stereocenters. The van der Waals surface area contributed by atoms with Crippen molar-refractivity contribution >= 4 is 46.8 Å². The number of aliphatic hydroxyl groups excluding tert-OH is 1. The lowest BCUT2D eigenvalue weighted by Gasteiger charge is -2.09.